The van der Waals surface area contributed by atoms with E-state index in [1.54, 1.807) is 6.07 Å². The van der Waals surface area contributed by atoms with E-state index in [1.165, 1.54) is 25.3 Å². The fourth-order valence-corrected chi connectivity index (χ4v) is 1.56. The van der Waals surface area contributed by atoms with Crippen LogP contribution in [0, 0.1) is 5.82 Å². The lowest BCUT2D eigenvalue weighted by atomic mass is 10.2. The number of halogens is 1. The highest BCUT2D eigenvalue weighted by Crippen LogP contribution is 2.18. The minimum Gasteiger partial charge on any atom is -0.494 e. The van der Waals surface area contributed by atoms with E-state index in [0.29, 0.717) is 5.56 Å². The lowest BCUT2D eigenvalue weighted by Gasteiger charge is -2.11. The van der Waals surface area contributed by atoms with Crippen molar-refractivity contribution in [3.63, 3.8) is 0 Å². The average Bonchev–Trinajstić information content (AvgIpc) is 2.44. The molecular formula is C14H16FNO5. The Morgan fingerprint density at radius 3 is 2.71 bits per heavy atom. The summed E-state index contributed by atoms with van der Waals surface area (Å²) >= 11 is 0. The van der Waals surface area contributed by atoms with E-state index in [0.717, 1.165) is 6.08 Å². The van der Waals surface area contributed by atoms with Gasteiger partial charge in [0.05, 0.1) is 7.11 Å². The van der Waals surface area contributed by atoms with Gasteiger partial charge in [0, 0.05) is 19.1 Å². The van der Waals surface area contributed by atoms with Gasteiger partial charge in [-0.15, -0.1) is 0 Å². The highest BCUT2D eigenvalue weighted by atomic mass is 19.1. The zero-order valence-electron chi connectivity index (χ0n) is 11.4. The summed E-state index contributed by atoms with van der Waals surface area (Å²) in [6.07, 6.45) is 2.34. The number of benzene rings is 1. The number of aliphatic hydroxyl groups excluding tert-OH is 1. The van der Waals surface area contributed by atoms with Gasteiger partial charge in [-0.05, 0) is 23.8 Å². The van der Waals surface area contributed by atoms with Crippen LogP contribution in [0.1, 0.15) is 12.0 Å². The number of carbonyl (C=O) groups is 2. The fourth-order valence-electron chi connectivity index (χ4n) is 1.56. The van der Waals surface area contributed by atoms with Crippen molar-refractivity contribution in [1.29, 1.82) is 0 Å². The van der Waals surface area contributed by atoms with Gasteiger partial charge in [0.25, 0.3) is 0 Å². The van der Waals surface area contributed by atoms with Gasteiger partial charge in [0.2, 0.25) is 5.91 Å². The number of nitrogens with one attached hydrogen (secondary N) is 1. The van der Waals surface area contributed by atoms with Crippen LogP contribution in [0.2, 0.25) is 0 Å². The van der Waals surface area contributed by atoms with Gasteiger partial charge < -0.3 is 20.3 Å². The van der Waals surface area contributed by atoms with Crippen LogP contribution in [-0.2, 0) is 9.59 Å². The second-order valence-corrected chi connectivity index (χ2v) is 4.14. The molecular weight excluding hydrogens is 281 g/mol. The maximum Gasteiger partial charge on any atom is 0.326 e. The first-order valence-electron chi connectivity index (χ1n) is 6.13. The van der Waals surface area contributed by atoms with Crippen molar-refractivity contribution in [3.05, 3.63) is 35.7 Å². The molecule has 7 heteroatoms. The van der Waals surface area contributed by atoms with Crippen LogP contribution < -0.4 is 10.1 Å². The van der Waals surface area contributed by atoms with Gasteiger partial charge in [-0.25, -0.2) is 9.18 Å². The molecule has 3 N–H and O–H groups in total. The van der Waals surface area contributed by atoms with E-state index in [4.69, 9.17) is 14.9 Å². The molecule has 0 bridgehead atoms. The number of carbonyl (C=O) groups excluding carboxylic acids is 1. The molecule has 0 aliphatic rings. The molecule has 1 amide bonds. The van der Waals surface area contributed by atoms with E-state index < -0.39 is 23.7 Å². The van der Waals surface area contributed by atoms with Crippen LogP contribution in [0.15, 0.2) is 24.3 Å². The summed E-state index contributed by atoms with van der Waals surface area (Å²) < 4.78 is 18.2. The fraction of sp³-hybridized carbons (Fsp3) is 0.286. The summed E-state index contributed by atoms with van der Waals surface area (Å²) in [5, 5.41) is 19.7. The Bertz CT molecular complexity index is 544. The Morgan fingerprint density at radius 1 is 1.48 bits per heavy atom. The standard InChI is InChI=1S/C14H16FNO5/c1-21-12-4-2-9(8-10(12)15)3-5-13(18)16-11(6-7-17)14(19)20/h2-5,8,11,17H,6-7H2,1H3,(H,16,18)(H,19,20)/b5-3+/t11-/m0/s1. The second kappa shape index (κ2) is 8.01. The average molecular weight is 297 g/mol. The molecule has 1 atom stereocenters. The third-order valence-electron chi connectivity index (χ3n) is 2.64. The predicted molar refractivity (Wildman–Crippen MR) is 73.3 cm³/mol. The maximum atomic E-state index is 13.4. The van der Waals surface area contributed by atoms with Gasteiger partial charge >= 0.3 is 5.97 Å². The Labute approximate surface area is 120 Å². The van der Waals surface area contributed by atoms with Gasteiger partial charge in [0.15, 0.2) is 11.6 Å². The minimum absolute atomic E-state index is 0.0884. The molecule has 0 heterocycles. The first kappa shape index (κ1) is 16.6. The van der Waals surface area contributed by atoms with Crippen molar-refractivity contribution in [2.24, 2.45) is 0 Å². The highest BCUT2D eigenvalue weighted by molar-refractivity contribution is 5.94. The summed E-state index contributed by atoms with van der Waals surface area (Å²) in [6.45, 7) is -0.356. The SMILES string of the molecule is COc1ccc(/C=C/C(=O)N[C@@H](CCO)C(=O)O)cc1F. The molecule has 0 fully saturated rings. The Kier molecular flexibility index (Phi) is 6.35. The number of carboxylic acid groups (broad SMARTS) is 1. The molecule has 21 heavy (non-hydrogen) atoms. The van der Waals surface area contributed by atoms with Crippen molar-refractivity contribution in [2.45, 2.75) is 12.5 Å². The first-order valence-corrected chi connectivity index (χ1v) is 6.13. The third kappa shape index (κ3) is 5.23. The minimum atomic E-state index is -1.23. The topological polar surface area (TPSA) is 95.9 Å². The summed E-state index contributed by atoms with van der Waals surface area (Å²) in [5.74, 6) is -2.36. The number of rotatable bonds is 7. The quantitative estimate of drug-likeness (QED) is 0.647. The van der Waals surface area contributed by atoms with Gasteiger partial charge in [-0.3, -0.25) is 4.79 Å². The number of amides is 1. The number of aliphatic hydroxyl groups is 1. The van der Waals surface area contributed by atoms with Crippen molar-refractivity contribution >= 4 is 18.0 Å². The summed E-state index contributed by atoms with van der Waals surface area (Å²) in [6, 6.07) is 2.98. The van der Waals surface area contributed by atoms with Gasteiger partial charge in [-0.2, -0.15) is 0 Å². The van der Waals surface area contributed by atoms with Crippen molar-refractivity contribution in [1.82, 2.24) is 5.32 Å². The van der Waals surface area contributed by atoms with Crippen LogP contribution in [0.3, 0.4) is 0 Å². The van der Waals surface area contributed by atoms with Crippen LogP contribution in [-0.4, -0.2) is 41.8 Å². The molecule has 1 aromatic rings. The predicted octanol–water partition coefficient (Wildman–Crippen LogP) is 0.799. The normalized spacial score (nSPS) is 12.1. The Morgan fingerprint density at radius 2 is 2.19 bits per heavy atom. The van der Waals surface area contributed by atoms with E-state index in [2.05, 4.69) is 5.32 Å². The first-order chi connectivity index (χ1) is 9.97. The lowest BCUT2D eigenvalue weighted by molar-refractivity contribution is -0.141. The summed E-state index contributed by atoms with van der Waals surface area (Å²) in [5.41, 5.74) is 0.428. The molecule has 0 saturated carbocycles. The van der Waals surface area contributed by atoms with Gasteiger partial charge in [0.1, 0.15) is 6.04 Å². The molecule has 0 aliphatic heterocycles. The molecule has 0 aliphatic carbocycles. The molecule has 6 nitrogen and oxygen atoms in total. The number of hydrogen-bond acceptors (Lipinski definition) is 4. The maximum absolute atomic E-state index is 13.4. The number of hydrogen-bond donors (Lipinski definition) is 3. The van der Waals surface area contributed by atoms with E-state index in [-0.39, 0.29) is 18.8 Å². The number of aliphatic carboxylic acids is 1. The molecule has 0 saturated heterocycles. The van der Waals surface area contributed by atoms with Crippen LogP contribution in [0.4, 0.5) is 4.39 Å². The number of carboxylic acids is 1. The second-order valence-electron chi connectivity index (χ2n) is 4.14. The summed E-state index contributed by atoms with van der Waals surface area (Å²) in [7, 11) is 1.34. The molecule has 1 rings (SSSR count). The number of methoxy groups -OCH3 is 1. The van der Waals surface area contributed by atoms with E-state index in [9.17, 15) is 14.0 Å². The largest absolute Gasteiger partial charge is 0.494 e. The lowest BCUT2D eigenvalue weighted by Crippen LogP contribution is -2.40. The molecule has 0 spiro atoms. The Balaban J connectivity index is 2.69. The van der Waals surface area contributed by atoms with E-state index in [1.807, 2.05) is 0 Å². The van der Waals surface area contributed by atoms with Crippen LogP contribution in [0.5, 0.6) is 5.75 Å². The number of ether oxygens (including phenoxy) is 1. The summed E-state index contributed by atoms with van der Waals surface area (Å²) in [4.78, 5) is 22.4. The zero-order valence-corrected chi connectivity index (χ0v) is 11.4. The molecule has 0 radical (unpaired) electrons. The smallest absolute Gasteiger partial charge is 0.326 e. The highest BCUT2D eigenvalue weighted by Gasteiger charge is 2.17. The van der Waals surface area contributed by atoms with E-state index >= 15 is 0 Å². The molecule has 1 aromatic carbocycles. The van der Waals surface area contributed by atoms with Crippen LogP contribution >= 0.6 is 0 Å². The van der Waals surface area contributed by atoms with Gasteiger partial charge in [-0.1, -0.05) is 6.07 Å². The monoisotopic (exact) mass is 297 g/mol. The molecule has 0 aromatic heterocycles. The zero-order chi connectivity index (χ0) is 15.8. The van der Waals surface area contributed by atoms with Crippen molar-refractivity contribution in [2.75, 3.05) is 13.7 Å². The van der Waals surface area contributed by atoms with Crippen molar-refractivity contribution < 1.29 is 28.9 Å². The van der Waals surface area contributed by atoms with Crippen molar-refractivity contribution in [3.8, 4) is 5.75 Å². The van der Waals surface area contributed by atoms with Crippen LogP contribution in [0.25, 0.3) is 6.08 Å². The third-order valence-corrected chi connectivity index (χ3v) is 2.64. The molecule has 114 valence electrons. The molecule has 0 unspecified atom stereocenters. The Hall–Kier alpha value is -2.41.